The Kier molecular flexibility index (Phi) is 4.66. The zero-order chi connectivity index (χ0) is 13.8. The van der Waals surface area contributed by atoms with Crippen molar-refractivity contribution in [3.8, 4) is 0 Å². The molecular formula is C14H12ClIN2O. The van der Waals surface area contributed by atoms with Crippen LogP contribution in [0.25, 0.3) is 0 Å². The second-order valence-electron chi connectivity index (χ2n) is 4.05. The first-order chi connectivity index (χ1) is 9.04. The predicted octanol–water partition coefficient (Wildman–Crippen LogP) is 4.90. The number of benzene rings is 2. The summed E-state index contributed by atoms with van der Waals surface area (Å²) in [6.45, 7) is 1.91. The van der Waals surface area contributed by atoms with E-state index in [0.29, 0.717) is 10.7 Å². The number of rotatable bonds is 2. The normalized spacial score (nSPS) is 10.1. The van der Waals surface area contributed by atoms with Crippen LogP contribution in [-0.4, -0.2) is 6.03 Å². The van der Waals surface area contributed by atoms with Gasteiger partial charge in [0.15, 0.2) is 0 Å². The average molecular weight is 387 g/mol. The minimum atomic E-state index is -0.290. The molecule has 0 aliphatic rings. The van der Waals surface area contributed by atoms with E-state index in [-0.39, 0.29) is 6.03 Å². The second kappa shape index (κ2) is 6.25. The maximum absolute atomic E-state index is 11.8. The van der Waals surface area contributed by atoms with E-state index in [2.05, 4.69) is 33.2 Å². The minimum absolute atomic E-state index is 0.290. The van der Waals surface area contributed by atoms with Gasteiger partial charge in [-0.25, -0.2) is 4.79 Å². The molecule has 0 saturated carbocycles. The molecule has 19 heavy (non-hydrogen) atoms. The summed E-state index contributed by atoms with van der Waals surface area (Å²) < 4.78 is 1.06. The quantitative estimate of drug-likeness (QED) is 0.708. The maximum Gasteiger partial charge on any atom is 0.323 e. The van der Waals surface area contributed by atoms with Crippen LogP contribution in [0.2, 0.25) is 5.02 Å². The predicted molar refractivity (Wildman–Crippen MR) is 88.0 cm³/mol. The van der Waals surface area contributed by atoms with Gasteiger partial charge in [-0.2, -0.15) is 0 Å². The highest BCUT2D eigenvalue weighted by atomic mass is 127. The Morgan fingerprint density at radius 1 is 1.11 bits per heavy atom. The highest BCUT2D eigenvalue weighted by Crippen LogP contribution is 2.20. The summed E-state index contributed by atoms with van der Waals surface area (Å²) in [6.07, 6.45) is 0. The summed E-state index contributed by atoms with van der Waals surface area (Å²) in [5.74, 6) is 0. The third-order valence-corrected chi connectivity index (χ3v) is 3.59. The molecule has 0 heterocycles. The van der Waals surface area contributed by atoms with Gasteiger partial charge in [-0.15, -0.1) is 0 Å². The maximum atomic E-state index is 11.8. The molecule has 3 nitrogen and oxygen atoms in total. The van der Waals surface area contributed by atoms with Crippen molar-refractivity contribution in [3.63, 3.8) is 0 Å². The van der Waals surface area contributed by atoms with Crippen molar-refractivity contribution >= 4 is 51.6 Å². The van der Waals surface area contributed by atoms with Crippen LogP contribution in [0.4, 0.5) is 16.2 Å². The second-order valence-corrected chi connectivity index (χ2v) is 5.71. The SMILES string of the molecule is Cc1ccc(NC(=O)Nc2cccc(I)c2)cc1Cl. The molecule has 0 unspecified atom stereocenters. The molecule has 0 fully saturated rings. The molecule has 0 radical (unpaired) electrons. The third kappa shape index (κ3) is 4.11. The highest BCUT2D eigenvalue weighted by molar-refractivity contribution is 14.1. The van der Waals surface area contributed by atoms with Crippen molar-refractivity contribution in [1.82, 2.24) is 0 Å². The van der Waals surface area contributed by atoms with Crippen molar-refractivity contribution in [2.24, 2.45) is 0 Å². The van der Waals surface area contributed by atoms with Gasteiger partial charge < -0.3 is 10.6 Å². The molecule has 0 aliphatic carbocycles. The fraction of sp³-hybridized carbons (Fsp3) is 0.0714. The van der Waals surface area contributed by atoms with Crippen LogP contribution in [0.15, 0.2) is 42.5 Å². The first-order valence-corrected chi connectivity index (χ1v) is 7.10. The Bertz CT molecular complexity index is 616. The summed E-state index contributed by atoms with van der Waals surface area (Å²) in [6, 6.07) is 12.7. The van der Waals surface area contributed by atoms with Gasteiger partial charge in [0.25, 0.3) is 0 Å². The molecular weight excluding hydrogens is 375 g/mol. The fourth-order valence-electron chi connectivity index (χ4n) is 1.53. The van der Waals surface area contributed by atoms with E-state index in [1.165, 1.54) is 0 Å². The molecule has 2 amide bonds. The topological polar surface area (TPSA) is 41.1 Å². The lowest BCUT2D eigenvalue weighted by Crippen LogP contribution is -2.19. The number of aryl methyl sites for hydroxylation is 1. The zero-order valence-electron chi connectivity index (χ0n) is 10.2. The molecule has 0 aromatic heterocycles. The summed E-state index contributed by atoms with van der Waals surface area (Å²) >= 11 is 8.20. The smallest absolute Gasteiger partial charge is 0.308 e. The van der Waals surface area contributed by atoms with Gasteiger partial charge in [-0.3, -0.25) is 0 Å². The number of hydrogen-bond donors (Lipinski definition) is 2. The van der Waals surface area contributed by atoms with Crippen LogP contribution in [0, 0.1) is 10.5 Å². The number of amides is 2. The molecule has 0 aliphatic heterocycles. The number of halogens is 2. The van der Waals surface area contributed by atoms with Gasteiger partial charge in [-0.05, 0) is 65.4 Å². The van der Waals surface area contributed by atoms with Gasteiger partial charge >= 0.3 is 6.03 Å². The van der Waals surface area contributed by atoms with Crippen molar-refractivity contribution < 1.29 is 4.79 Å². The molecule has 2 aromatic carbocycles. The standard InChI is InChI=1S/C14H12ClIN2O/c1-9-5-6-12(8-13(9)15)18-14(19)17-11-4-2-3-10(16)7-11/h2-8H,1H3,(H2,17,18,19). The monoisotopic (exact) mass is 386 g/mol. The molecule has 2 rings (SSSR count). The molecule has 5 heteroatoms. The van der Waals surface area contributed by atoms with E-state index >= 15 is 0 Å². The van der Waals surface area contributed by atoms with E-state index in [9.17, 15) is 4.79 Å². The Hall–Kier alpha value is -1.27. The Balaban J connectivity index is 2.03. The van der Waals surface area contributed by atoms with E-state index < -0.39 is 0 Å². The number of hydrogen-bond acceptors (Lipinski definition) is 1. The van der Waals surface area contributed by atoms with Crippen molar-refractivity contribution in [2.45, 2.75) is 6.92 Å². The van der Waals surface area contributed by atoms with Gasteiger partial charge in [0.05, 0.1) is 0 Å². The van der Waals surface area contributed by atoms with Crippen LogP contribution in [-0.2, 0) is 0 Å². The molecule has 0 bridgehead atoms. The van der Waals surface area contributed by atoms with Gasteiger partial charge in [0, 0.05) is 20.0 Å². The number of nitrogens with one attached hydrogen (secondary N) is 2. The fourth-order valence-corrected chi connectivity index (χ4v) is 2.25. The molecule has 0 atom stereocenters. The third-order valence-electron chi connectivity index (χ3n) is 2.51. The summed E-state index contributed by atoms with van der Waals surface area (Å²) in [4.78, 5) is 11.8. The van der Waals surface area contributed by atoms with Gasteiger partial charge in [0.1, 0.15) is 0 Å². The van der Waals surface area contributed by atoms with E-state index in [1.807, 2.05) is 43.3 Å². The van der Waals surface area contributed by atoms with Crippen LogP contribution in [0.5, 0.6) is 0 Å². The van der Waals surface area contributed by atoms with Crippen molar-refractivity contribution in [3.05, 3.63) is 56.6 Å². The number of urea groups is 1. The van der Waals surface area contributed by atoms with Crippen molar-refractivity contribution in [1.29, 1.82) is 0 Å². The van der Waals surface area contributed by atoms with Crippen LogP contribution in [0.1, 0.15) is 5.56 Å². The van der Waals surface area contributed by atoms with Crippen LogP contribution >= 0.6 is 34.2 Å². The average Bonchev–Trinajstić information content (AvgIpc) is 2.34. The van der Waals surface area contributed by atoms with Gasteiger partial charge in [-0.1, -0.05) is 23.7 Å². The van der Waals surface area contributed by atoms with Crippen LogP contribution < -0.4 is 10.6 Å². The summed E-state index contributed by atoms with van der Waals surface area (Å²) in [5, 5.41) is 6.14. The van der Waals surface area contributed by atoms with Crippen LogP contribution in [0.3, 0.4) is 0 Å². The zero-order valence-corrected chi connectivity index (χ0v) is 13.1. The first-order valence-electron chi connectivity index (χ1n) is 5.64. The summed E-state index contributed by atoms with van der Waals surface area (Å²) in [7, 11) is 0. The summed E-state index contributed by atoms with van der Waals surface area (Å²) in [5.41, 5.74) is 2.39. The number of anilines is 2. The number of carbonyl (C=O) groups is 1. The van der Waals surface area contributed by atoms with Gasteiger partial charge in [0.2, 0.25) is 0 Å². The Labute approximate surface area is 130 Å². The highest BCUT2D eigenvalue weighted by Gasteiger charge is 2.04. The Morgan fingerprint density at radius 3 is 2.42 bits per heavy atom. The molecule has 2 aromatic rings. The first kappa shape index (κ1) is 14.1. The molecule has 98 valence electrons. The van der Waals surface area contributed by atoms with E-state index in [0.717, 1.165) is 14.8 Å². The largest absolute Gasteiger partial charge is 0.323 e. The van der Waals surface area contributed by atoms with Crippen molar-refractivity contribution in [2.75, 3.05) is 10.6 Å². The molecule has 0 saturated heterocycles. The van der Waals surface area contributed by atoms with E-state index in [1.54, 1.807) is 6.07 Å². The van der Waals surface area contributed by atoms with E-state index in [4.69, 9.17) is 11.6 Å². The lowest BCUT2D eigenvalue weighted by atomic mass is 10.2. The number of carbonyl (C=O) groups excluding carboxylic acids is 1. The Morgan fingerprint density at radius 2 is 1.79 bits per heavy atom. The lowest BCUT2D eigenvalue weighted by molar-refractivity contribution is 0.262. The lowest BCUT2D eigenvalue weighted by Gasteiger charge is -2.09. The molecule has 0 spiro atoms. The molecule has 2 N–H and O–H groups in total. The minimum Gasteiger partial charge on any atom is -0.308 e.